The minimum absolute atomic E-state index is 0.0571. The van der Waals surface area contributed by atoms with Crippen molar-refractivity contribution in [2.45, 2.75) is 11.0 Å². The highest BCUT2D eigenvalue weighted by atomic mass is 35.5. The lowest BCUT2D eigenvalue weighted by Gasteiger charge is -2.15. The summed E-state index contributed by atoms with van der Waals surface area (Å²) in [5.41, 5.74) is 5.79. The van der Waals surface area contributed by atoms with Gasteiger partial charge >= 0.3 is 0 Å². The van der Waals surface area contributed by atoms with Crippen LogP contribution in [0.3, 0.4) is 0 Å². The topological polar surface area (TPSA) is 90.7 Å². The molecule has 1 rings (SSSR count). The van der Waals surface area contributed by atoms with Crippen molar-refractivity contribution in [2.24, 2.45) is 0 Å². The van der Waals surface area contributed by atoms with Gasteiger partial charge in [0.15, 0.2) is 0 Å². The Morgan fingerprint density at radius 2 is 2.11 bits per heavy atom. The number of benzene rings is 1. The number of nitrogens with two attached hydrogens (primary N) is 1. The van der Waals surface area contributed by atoms with Crippen LogP contribution in [0.2, 0.25) is 5.02 Å². The summed E-state index contributed by atoms with van der Waals surface area (Å²) >= 11 is 5.75. The van der Waals surface area contributed by atoms with E-state index < -0.39 is 10.0 Å². The van der Waals surface area contributed by atoms with Crippen molar-refractivity contribution in [2.75, 3.05) is 33.1 Å². The van der Waals surface area contributed by atoms with Gasteiger partial charge in [0.1, 0.15) is 0 Å². The number of hydrogen-bond acceptors (Lipinski definition) is 5. The van der Waals surface area contributed by atoms with Gasteiger partial charge in [-0.15, -0.1) is 0 Å². The first kappa shape index (κ1) is 16.2. The number of sulfonamides is 1. The van der Waals surface area contributed by atoms with E-state index in [1.54, 1.807) is 0 Å². The van der Waals surface area contributed by atoms with Crippen LogP contribution in [0.25, 0.3) is 0 Å². The van der Waals surface area contributed by atoms with Gasteiger partial charge in [-0.05, 0) is 18.2 Å². The molecule has 6 nitrogen and oxygen atoms in total. The van der Waals surface area contributed by atoms with E-state index in [2.05, 4.69) is 4.72 Å². The molecule has 0 amide bonds. The highest BCUT2D eigenvalue weighted by Crippen LogP contribution is 2.22. The van der Waals surface area contributed by atoms with E-state index in [-0.39, 0.29) is 23.2 Å². The van der Waals surface area contributed by atoms with Crippen LogP contribution in [0, 0.1) is 0 Å². The summed E-state index contributed by atoms with van der Waals surface area (Å²) in [6.07, 6.45) is -0.357. The van der Waals surface area contributed by atoms with E-state index in [9.17, 15) is 8.42 Å². The van der Waals surface area contributed by atoms with Gasteiger partial charge in [0.05, 0.1) is 28.3 Å². The SMILES string of the molecule is COCC(CNS(=O)(=O)c1ccc(Cl)c(N)c1)OC. The van der Waals surface area contributed by atoms with Gasteiger partial charge in [0.2, 0.25) is 10.0 Å². The van der Waals surface area contributed by atoms with Crippen LogP contribution in [0.1, 0.15) is 0 Å². The fourth-order valence-corrected chi connectivity index (χ4v) is 2.59. The monoisotopic (exact) mass is 308 g/mol. The second-order valence-electron chi connectivity index (χ2n) is 3.85. The average molecular weight is 309 g/mol. The van der Waals surface area contributed by atoms with Crippen LogP contribution in [-0.4, -0.2) is 41.9 Å². The maximum atomic E-state index is 12.0. The fourth-order valence-electron chi connectivity index (χ4n) is 1.37. The Hall–Kier alpha value is -0.860. The maximum Gasteiger partial charge on any atom is 0.240 e. The van der Waals surface area contributed by atoms with E-state index in [0.29, 0.717) is 11.6 Å². The van der Waals surface area contributed by atoms with Crippen LogP contribution in [0.5, 0.6) is 0 Å². The van der Waals surface area contributed by atoms with Crippen molar-refractivity contribution in [3.63, 3.8) is 0 Å². The third kappa shape index (κ3) is 4.63. The lowest BCUT2D eigenvalue weighted by Crippen LogP contribution is -2.35. The molecule has 1 unspecified atom stereocenters. The summed E-state index contributed by atoms with van der Waals surface area (Å²) in [4.78, 5) is 0.0571. The van der Waals surface area contributed by atoms with E-state index in [1.165, 1.54) is 32.4 Å². The number of hydrogen-bond donors (Lipinski definition) is 2. The summed E-state index contributed by atoms with van der Waals surface area (Å²) in [7, 11) is -0.649. The molecule has 8 heteroatoms. The van der Waals surface area contributed by atoms with E-state index in [0.717, 1.165) is 0 Å². The van der Waals surface area contributed by atoms with Crippen LogP contribution in [0.15, 0.2) is 23.1 Å². The Morgan fingerprint density at radius 1 is 1.42 bits per heavy atom. The Balaban J connectivity index is 2.78. The zero-order valence-electron chi connectivity index (χ0n) is 10.7. The van der Waals surface area contributed by atoms with E-state index >= 15 is 0 Å². The summed E-state index contributed by atoms with van der Waals surface area (Å²) in [6.45, 7) is 0.400. The van der Waals surface area contributed by atoms with Gasteiger partial charge in [-0.2, -0.15) is 0 Å². The third-order valence-electron chi connectivity index (χ3n) is 2.46. The van der Waals surface area contributed by atoms with Crippen molar-refractivity contribution in [1.29, 1.82) is 0 Å². The molecule has 0 bridgehead atoms. The normalized spacial score (nSPS) is 13.4. The first-order valence-electron chi connectivity index (χ1n) is 5.47. The van der Waals surface area contributed by atoms with Gasteiger partial charge in [-0.3, -0.25) is 0 Å². The second kappa shape index (κ2) is 7.06. The Kier molecular flexibility index (Phi) is 6.02. The molecule has 0 radical (unpaired) electrons. The highest BCUT2D eigenvalue weighted by Gasteiger charge is 2.17. The van der Waals surface area contributed by atoms with Gasteiger partial charge in [0, 0.05) is 20.8 Å². The molecule has 0 saturated carbocycles. The molecule has 0 aliphatic heterocycles. The first-order valence-corrected chi connectivity index (χ1v) is 7.33. The lowest BCUT2D eigenvalue weighted by molar-refractivity contribution is 0.0320. The largest absolute Gasteiger partial charge is 0.397 e. The number of methoxy groups -OCH3 is 2. The molecule has 0 aliphatic carbocycles. The average Bonchev–Trinajstić information content (AvgIpc) is 2.37. The van der Waals surface area contributed by atoms with Gasteiger partial charge in [-0.1, -0.05) is 11.6 Å². The number of nitrogen functional groups attached to an aromatic ring is 1. The molecule has 1 atom stereocenters. The molecule has 108 valence electrons. The second-order valence-corrected chi connectivity index (χ2v) is 6.02. The molecule has 19 heavy (non-hydrogen) atoms. The molecule has 0 spiro atoms. The smallest absolute Gasteiger partial charge is 0.240 e. The van der Waals surface area contributed by atoms with Crippen molar-refractivity contribution in [3.05, 3.63) is 23.2 Å². The van der Waals surface area contributed by atoms with Crippen molar-refractivity contribution in [1.82, 2.24) is 4.72 Å². The number of rotatable bonds is 7. The lowest BCUT2D eigenvalue weighted by atomic mass is 10.3. The number of ether oxygens (including phenoxy) is 2. The first-order chi connectivity index (χ1) is 8.90. The minimum atomic E-state index is -3.65. The molecule has 0 aliphatic rings. The molecule has 0 heterocycles. The Morgan fingerprint density at radius 3 is 2.63 bits per heavy atom. The summed E-state index contributed by atoms with van der Waals surface area (Å²) in [5, 5.41) is 0.313. The minimum Gasteiger partial charge on any atom is -0.397 e. The Bertz CT molecular complexity index is 521. The Labute approximate surface area is 117 Å². The van der Waals surface area contributed by atoms with Gasteiger partial charge in [-0.25, -0.2) is 13.1 Å². The summed E-state index contributed by atoms with van der Waals surface area (Å²) in [6, 6.07) is 4.14. The standard InChI is InChI=1S/C11H17ClN2O4S/c1-17-7-8(18-2)6-14-19(15,16)9-3-4-10(12)11(13)5-9/h3-5,8,14H,6-7,13H2,1-2H3. The fraction of sp³-hybridized carbons (Fsp3) is 0.455. The zero-order chi connectivity index (χ0) is 14.5. The molecule has 3 N–H and O–H groups in total. The molecule has 0 aromatic heterocycles. The zero-order valence-corrected chi connectivity index (χ0v) is 12.3. The molecule has 0 saturated heterocycles. The molecule has 0 fully saturated rings. The van der Waals surface area contributed by atoms with E-state index in [1.807, 2.05) is 0 Å². The summed E-state index contributed by atoms with van der Waals surface area (Å²) < 4.78 is 36.4. The van der Waals surface area contributed by atoms with E-state index in [4.69, 9.17) is 26.8 Å². The number of anilines is 1. The van der Waals surface area contributed by atoms with Crippen molar-refractivity contribution >= 4 is 27.3 Å². The van der Waals surface area contributed by atoms with Crippen molar-refractivity contribution < 1.29 is 17.9 Å². The summed E-state index contributed by atoms with van der Waals surface area (Å²) in [5.74, 6) is 0. The predicted molar refractivity (Wildman–Crippen MR) is 73.7 cm³/mol. The van der Waals surface area contributed by atoms with Gasteiger partial charge < -0.3 is 15.2 Å². The quantitative estimate of drug-likeness (QED) is 0.729. The third-order valence-corrected chi connectivity index (χ3v) is 4.23. The molecule has 1 aromatic rings. The molecular formula is C11H17ClN2O4S. The van der Waals surface area contributed by atoms with Gasteiger partial charge in [0.25, 0.3) is 0 Å². The predicted octanol–water partition coefficient (Wildman–Crippen LogP) is 0.862. The maximum absolute atomic E-state index is 12.0. The van der Waals surface area contributed by atoms with Crippen LogP contribution >= 0.6 is 11.6 Å². The van der Waals surface area contributed by atoms with Crippen LogP contribution < -0.4 is 10.5 Å². The van der Waals surface area contributed by atoms with Crippen LogP contribution in [-0.2, 0) is 19.5 Å². The number of halogens is 1. The highest BCUT2D eigenvalue weighted by molar-refractivity contribution is 7.89. The molecular weight excluding hydrogens is 292 g/mol. The molecule has 1 aromatic carbocycles. The van der Waals surface area contributed by atoms with Crippen molar-refractivity contribution in [3.8, 4) is 0 Å². The number of nitrogens with one attached hydrogen (secondary N) is 1. The van der Waals surface area contributed by atoms with Crippen LogP contribution in [0.4, 0.5) is 5.69 Å².